The summed E-state index contributed by atoms with van der Waals surface area (Å²) >= 11 is 17.4. The van der Waals surface area contributed by atoms with E-state index in [1.807, 2.05) is 0 Å². The Hall–Kier alpha value is -1.38. The van der Waals surface area contributed by atoms with Crippen molar-refractivity contribution in [2.24, 2.45) is 17.8 Å². The smallest absolute Gasteiger partial charge is 0.241 e. The predicted molar refractivity (Wildman–Crippen MR) is 134 cm³/mol. The van der Waals surface area contributed by atoms with Crippen LogP contribution in [-0.2, 0) is 10.0 Å². The van der Waals surface area contributed by atoms with Crippen molar-refractivity contribution < 1.29 is 8.42 Å². The number of hydrogen-bond acceptors (Lipinski definition) is 3. The minimum Gasteiger partial charge on any atom is -0.332 e. The summed E-state index contributed by atoms with van der Waals surface area (Å²) in [5.41, 5.74) is 1.09. The molecule has 2 aromatic carbocycles. The largest absolute Gasteiger partial charge is 0.332 e. The van der Waals surface area contributed by atoms with Crippen molar-refractivity contribution in [1.29, 1.82) is 0 Å². The fourth-order valence-electron chi connectivity index (χ4n) is 6.22. The third-order valence-electron chi connectivity index (χ3n) is 6.93. The van der Waals surface area contributed by atoms with Gasteiger partial charge in [-0.15, -0.1) is 0 Å². The first-order valence-corrected chi connectivity index (χ1v) is 13.5. The molecule has 9 heteroatoms. The topological polar surface area (TPSA) is 70.2 Å². The van der Waals surface area contributed by atoms with Gasteiger partial charge in [0.2, 0.25) is 10.0 Å². The zero-order chi connectivity index (χ0) is 22.5. The third-order valence-corrected chi connectivity index (χ3v) is 9.17. The molecular formula is C23H25Cl2N3O2S2. The van der Waals surface area contributed by atoms with Gasteiger partial charge in [-0.05, 0) is 111 Å². The zero-order valence-corrected chi connectivity index (χ0v) is 20.5. The summed E-state index contributed by atoms with van der Waals surface area (Å²) in [5, 5.41) is 7.44. The summed E-state index contributed by atoms with van der Waals surface area (Å²) in [6, 6.07) is 11.7. The SMILES string of the molecule is O=S(=O)(NC12CC3CC(CC(C3)C1)C2)c1ccc(NC(=S)Nc2cc(Cl)cc(Cl)c2)cc1. The Bertz CT molecular complexity index is 1100. The van der Waals surface area contributed by atoms with Gasteiger partial charge in [-0.2, -0.15) is 0 Å². The molecule has 0 heterocycles. The van der Waals surface area contributed by atoms with Crippen LogP contribution in [0.25, 0.3) is 0 Å². The van der Waals surface area contributed by atoms with Gasteiger partial charge in [0.05, 0.1) is 4.90 Å². The van der Waals surface area contributed by atoms with Crippen LogP contribution in [0.3, 0.4) is 0 Å². The van der Waals surface area contributed by atoms with Crippen LogP contribution in [-0.4, -0.2) is 19.1 Å². The van der Waals surface area contributed by atoms with Gasteiger partial charge in [0, 0.05) is 27.0 Å². The summed E-state index contributed by atoms with van der Waals surface area (Å²) in [6.07, 6.45) is 6.76. The summed E-state index contributed by atoms with van der Waals surface area (Å²) in [7, 11) is -3.58. The number of halogens is 2. The third kappa shape index (κ3) is 4.77. The van der Waals surface area contributed by atoms with Crippen LogP contribution < -0.4 is 15.4 Å². The summed E-state index contributed by atoms with van der Waals surface area (Å²) in [5.74, 6) is 2.04. The standard InChI is InChI=1S/C23H25Cl2N3O2S2/c24-17-8-18(25)10-20(9-17)27-22(31)26-19-1-3-21(4-2-19)32(29,30)28-23-11-14-5-15(12-23)7-16(6-14)13-23/h1-4,8-10,14-16,28H,5-7,11-13H2,(H2,26,27,31). The Morgan fingerprint density at radius 3 is 1.88 bits per heavy atom. The highest BCUT2D eigenvalue weighted by Crippen LogP contribution is 2.56. The molecule has 4 bridgehead atoms. The van der Waals surface area contributed by atoms with Gasteiger partial charge in [0.15, 0.2) is 5.11 Å². The van der Waals surface area contributed by atoms with Crippen LogP contribution in [0, 0.1) is 17.8 Å². The number of hydrogen-bond donors (Lipinski definition) is 3. The molecule has 170 valence electrons. The van der Waals surface area contributed by atoms with E-state index in [9.17, 15) is 8.42 Å². The van der Waals surface area contributed by atoms with Crippen molar-refractivity contribution in [1.82, 2.24) is 4.72 Å². The Labute approximate surface area is 204 Å². The number of thiocarbonyl (C=S) groups is 1. The van der Waals surface area contributed by atoms with E-state index < -0.39 is 10.0 Å². The van der Waals surface area contributed by atoms with Crippen LogP contribution in [0.15, 0.2) is 47.4 Å². The van der Waals surface area contributed by atoms with Gasteiger partial charge in [0.1, 0.15) is 0 Å². The maximum Gasteiger partial charge on any atom is 0.241 e. The lowest BCUT2D eigenvalue weighted by Gasteiger charge is -2.56. The summed E-state index contributed by atoms with van der Waals surface area (Å²) in [6.45, 7) is 0. The minimum atomic E-state index is -3.58. The first-order chi connectivity index (χ1) is 15.2. The summed E-state index contributed by atoms with van der Waals surface area (Å²) in [4.78, 5) is 0.277. The van der Waals surface area contributed by atoms with Gasteiger partial charge in [-0.3, -0.25) is 0 Å². The van der Waals surface area contributed by atoms with Crippen molar-refractivity contribution in [2.75, 3.05) is 10.6 Å². The first kappa shape index (κ1) is 22.4. The molecule has 4 aliphatic rings. The van der Waals surface area contributed by atoms with Crippen LogP contribution >= 0.6 is 35.4 Å². The second kappa shape index (κ2) is 8.44. The minimum absolute atomic E-state index is 0.256. The summed E-state index contributed by atoms with van der Waals surface area (Å²) < 4.78 is 29.4. The Morgan fingerprint density at radius 2 is 1.34 bits per heavy atom. The molecule has 0 atom stereocenters. The molecule has 5 nitrogen and oxygen atoms in total. The zero-order valence-electron chi connectivity index (χ0n) is 17.4. The molecule has 3 N–H and O–H groups in total. The first-order valence-electron chi connectivity index (χ1n) is 10.9. The van der Waals surface area contributed by atoms with E-state index in [1.165, 1.54) is 19.3 Å². The van der Waals surface area contributed by atoms with Crippen molar-refractivity contribution in [3.63, 3.8) is 0 Å². The number of anilines is 2. The van der Waals surface area contributed by atoms with E-state index in [1.54, 1.807) is 42.5 Å². The maximum absolute atomic E-state index is 13.2. The van der Waals surface area contributed by atoms with Crippen LogP contribution in [0.5, 0.6) is 0 Å². The lowest BCUT2D eigenvalue weighted by Crippen LogP contribution is -2.59. The highest BCUT2D eigenvalue weighted by molar-refractivity contribution is 7.89. The lowest BCUT2D eigenvalue weighted by atomic mass is 9.53. The van der Waals surface area contributed by atoms with Crippen molar-refractivity contribution in [3.05, 3.63) is 52.5 Å². The molecule has 0 spiro atoms. The van der Waals surface area contributed by atoms with E-state index in [0.29, 0.717) is 44.3 Å². The Kier molecular flexibility index (Phi) is 5.91. The highest BCUT2D eigenvalue weighted by Gasteiger charge is 2.52. The van der Waals surface area contributed by atoms with Crippen LogP contribution in [0.1, 0.15) is 38.5 Å². The molecule has 0 aliphatic heterocycles. The average molecular weight is 511 g/mol. The van der Waals surface area contributed by atoms with Gasteiger partial charge in [-0.25, -0.2) is 13.1 Å². The van der Waals surface area contributed by atoms with E-state index in [2.05, 4.69) is 15.4 Å². The highest BCUT2D eigenvalue weighted by atomic mass is 35.5. The molecule has 0 saturated heterocycles. The number of benzene rings is 2. The quantitative estimate of drug-likeness (QED) is 0.428. The fourth-order valence-corrected chi connectivity index (χ4v) is 8.41. The van der Waals surface area contributed by atoms with Crippen molar-refractivity contribution in [3.8, 4) is 0 Å². The molecule has 4 aliphatic carbocycles. The normalized spacial score (nSPS) is 28.5. The molecule has 0 radical (unpaired) electrons. The average Bonchev–Trinajstić information content (AvgIpc) is 2.65. The van der Waals surface area contributed by atoms with Crippen LogP contribution in [0.4, 0.5) is 11.4 Å². The molecule has 6 rings (SSSR count). The molecule has 4 fully saturated rings. The van der Waals surface area contributed by atoms with E-state index in [0.717, 1.165) is 19.3 Å². The molecule has 4 saturated carbocycles. The Morgan fingerprint density at radius 1 is 0.844 bits per heavy atom. The van der Waals surface area contributed by atoms with Gasteiger partial charge in [0.25, 0.3) is 0 Å². The number of sulfonamides is 1. The van der Waals surface area contributed by atoms with E-state index in [4.69, 9.17) is 35.4 Å². The Balaban J connectivity index is 1.24. The van der Waals surface area contributed by atoms with E-state index >= 15 is 0 Å². The number of rotatable bonds is 5. The molecule has 0 amide bonds. The monoisotopic (exact) mass is 509 g/mol. The van der Waals surface area contributed by atoms with Gasteiger partial charge < -0.3 is 10.6 Å². The van der Waals surface area contributed by atoms with Gasteiger partial charge >= 0.3 is 0 Å². The van der Waals surface area contributed by atoms with Gasteiger partial charge in [-0.1, -0.05) is 23.2 Å². The second-order valence-corrected chi connectivity index (χ2v) is 12.5. The number of nitrogens with one attached hydrogen (secondary N) is 3. The maximum atomic E-state index is 13.2. The van der Waals surface area contributed by atoms with Crippen molar-refractivity contribution >= 4 is 61.9 Å². The molecular weight excluding hydrogens is 485 g/mol. The van der Waals surface area contributed by atoms with Crippen LogP contribution in [0.2, 0.25) is 10.0 Å². The fraction of sp³-hybridized carbons (Fsp3) is 0.435. The predicted octanol–water partition coefficient (Wildman–Crippen LogP) is 6.05. The lowest BCUT2D eigenvalue weighted by molar-refractivity contribution is -0.00810. The second-order valence-electron chi connectivity index (χ2n) is 9.57. The van der Waals surface area contributed by atoms with Crippen molar-refractivity contribution in [2.45, 2.75) is 49.0 Å². The van der Waals surface area contributed by atoms with E-state index in [-0.39, 0.29) is 10.4 Å². The molecule has 32 heavy (non-hydrogen) atoms. The molecule has 0 aromatic heterocycles. The molecule has 0 unspecified atom stereocenters. The molecule has 2 aromatic rings.